The van der Waals surface area contributed by atoms with Crippen LogP contribution in [0.15, 0.2) is 18.5 Å². The zero-order chi connectivity index (χ0) is 15.4. The van der Waals surface area contributed by atoms with Gasteiger partial charge in [-0.25, -0.2) is 9.59 Å². The Labute approximate surface area is 124 Å². The number of rotatable bonds is 3. The number of anilines is 1. The second-order valence-corrected chi connectivity index (χ2v) is 5.53. The fraction of sp³-hybridized carbons (Fsp3) is 0.533. The van der Waals surface area contributed by atoms with Gasteiger partial charge in [0.15, 0.2) is 0 Å². The Hall–Kier alpha value is -2.11. The maximum absolute atomic E-state index is 12.3. The Kier molecular flexibility index (Phi) is 4.77. The molecule has 2 amide bonds. The number of aryl methyl sites for hydroxylation is 1. The van der Waals surface area contributed by atoms with Gasteiger partial charge in [-0.15, -0.1) is 0 Å². The smallest absolute Gasteiger partial charge is 0.326 e. The third-order valence-corrected chi connectivity index (χ3v) is 3.96. The lowest BCUT2D eigenvalue weighted by atomic mass is 9.89. The minimum atomic E-state index is -0.939. The van der Waals surface area contributed by atoms with Gasteiger partial charge in [-0.05, 0) is 37.3 Å². The summed E-state index contributed by atoms with van der Waals surface area (Å²) in [6.45, 7) is 4.41. The molecule has 2 rings (SSSR count). The highest BCUT2D eigenvalue weighted by Gasteiger charge is 2.35. The van der Waals surface area contributed by atoms with Crippen molar-refractivity contribution in [1.82, 2.24) is 9.88 Å². The molecule has 0 bridgehead atoms. The number of carbonyl (C=O) groups is 2. The first-order valence-electron chi connectivity index (χ1n) is 7.23. The van der Waals surface area contributed by atoms with E-state index in [2.05, 4.69) is 17.2 Å². The molecule has 1 aromatic heterocycles. The fourth-order valence-corrected chi connectivity index (χ4v) is 2.70. The number of carbonyl (C=O) groups excluding carboxylic acids is 1. The van der Waals surface area contributed by atoms with Gasteiger partial charge in [-0.1, -0.05) is 13.3 Å². The molecule has 2 unspecified atom stereocenters. The van der Waals surface area contributed by atoms with Crippen LogP contribution in [0.5, 0.6) is 0 Å². The lowest BCUT2D eigenvalue weighted by Crippen LogP contribution is -2.51. The number of likely N-dealkylation sites (tertiary alicyclic amines) is 1. The number of piperidine rings is 1. The Balaban J connectivity index is 2.08. The standard InChI is InChI=1S/C15H21N3O3/c1-3-11-4-5-18(13(7-11)14(19)20)15(21)17-12-6-10(2)8-16-9-12/h6,8-9,11,13H,3-5,7H2,1-2H3,(H,17,21)(H,19,20). The number of hydrogen-bond donors (Lipinski definition) is 2. The quantitative estimate of drug-likeness (QED) is 0.896. The molecular formula is C15H21N3O3. The lowest BCUT2D eigenvalue weighted by molar-refractivity contribution is -0.143. The zero-order valence-corrected chi connectivity index (χ0v) is 12.4. The highest BCUT2D eigenvalue weighted by atomic mass is 16.4. The maximum atomic E-state index is 12.3. The summed E-state index contributed by atoms with van der Waals surface area (Å²) in [5.41, 5.74) is 1.52. The van der Waals surface area contributed by atoms with Crippen LogP contribution in [-0.4, -0.2) is 39.6 Å². The molecular weight excluding hydrogens is 270 g/mol. The lowest BCUT2D eigenvalue weighted by Gasteiger charge is -2.36. The van der Waals surface area contributed by atoms with Crippen molar-refractivity contribution in [2.75, 3.05) is 11.9 Å². The number of amides is 2. The average Bonchev–Trinajstić information content (AvgIpc) is 2.46. The molecule has 6 heteroatoms. The molecule has 1 fully saturated rings. The number of hydrogen-bond acceptors (Lipinski definition) is 3. The molecule has 0 aromatic carbocycles. The topological polar surface area (TPSA) is 82.5 Å². The molecule has 2 N–H and O–H groups in total. The third-order valence-electron chi connectivity index (χ3n) is 3.96. The Morgan fingerprint density at radius 2 is 2.24 bits per heavy atom. The Morgan fingerprint density at radius 3 is 2.86 bits per heavy atom. The second kappa shape index (κ2) is 6.56. The summed E-state index contributed by atoms with van der Waals surface area (Å²) in [5.74, 6) is -0.568. The zero-order valence-electron chi connectivity index (χ0n) is 12.4. The minimum Gasteiger partial charge on any atom is -0.480 e. The molecule has 21 heavy (non-hydrogen) atoms. The fourth-order valence-electron chi connectivity index (χ4n) is 2.70. The van der Waals surface area contributed by atoms with Crippen molar-refractivity contribution in [2.24, 2.45) is 5.92 Å². The molecule has 2 heterocycles. The van der Waals surface area contributed by atoms with E-state index in [9.17, 15) is 14.7 Å². The van der Waals surface area contributed by atoms with Crippen LogP contribution in [-0.2, 0) is 4.79 Å². The van der Waals surface area contributed by atoms with E-state index in [-0.39, 0.29) is 6.03 Å². The van der Waals surface area contributed by atoms with Gasteiger partial charge in [0, 0.05) is 12.7 Å². The number of nitrogens with zero attached hydrogens (tertiary/aromatic N) is 2. The second-order valence-electron chi connectivity index (χ2n) is 5.53. The SMILES string of the molecule is CCC1CCN(C(=O)Nc2cncc(C)c2)C(C(=O)O)C1. The van der Waals surface area contributed by atoms with Gasteiger partial charge in [0.05, 0.1) is 11.9 Å². The first-order valence-corrected chi connectivity index (χ1v) is 7.23. The van der Waals surface area contributed by atoms with Crippen LogP contribution in [0.3, 0.4) is 0 Å². The molecule has 0 spiro atoms. The largest absolute Gasteiger partial charge is 0.480 e. The van der Waals surface area contributed by atoms with Crippen LogP contribution in [0.1, 0.15) is 31.7 Å². The van der Waals surface area contributed by atoms with Gasteiger partial charge in [0.1, 0.15) is 6.04 Å². The molecule has 1 aliphatic heterocycles. The summed E-state index contributed by atoms with van der Waals surface area (Å²) in [6.07, 6.45) is 5.56. The Bertz CT molecular complexity index is 533. The van der Waals surface area contributed by atoms with Crippen molar-refractivity contribution in [3.63, 3.8) is 0 Å². The number of urea groups is 1. The summed E-state index contributed by atoms with van der Waals surface area (Å²) in [5, 5.41) is 12.1. The van der Waals surface area contributed by atoms with Crippen molar-refractivity contribution in [1.29, 1.82) is 0 Å². The van der Waals surface area contributed by atoms with E-state index in [1.165, 1.54) is 4.90 Å². The van der Waals surface area contributed by atoms with Crippen LogP contribution in [0.2, 0.25) is 0 Å². The summed E-state index contributed by atoms with van der Waals surface area (Å²) in [4.78, 5) is 29.1. The molecule has 114 valence electrons. The predicted octanol–water partition coefficient (Wildman–Crippen LogP) is 2.50. The van der Waals surface area contributed by atoms with Gasteiger partial charge >= 0.3 is 12.0 Å². The van der Waals surface area contributed by atoms with E-state index in [1.807, 2.05) is 6.92 Å². The average molecular weight is 291 g/mol. The van der Waals surface area contributed by atoms with Gasteiger partial charge in [0.2, 0.25) is 0 Å². The maximum Gasteiger partial charge on any atom is 0.326 e. The highest BCUT2D eigenvalue weighted by Crippen LogP contribution is 2.26. The normalized spacial score (nSPS) is 21.9. The molecule has 0 radical (unpaired) electrons. The van der Waals surface area contributed by atoms with Crippen LogP contribution < -0.4 is 5.32 Å². The summed E-state index contributed by atoms with van der Waals surface area (Å²) < 4.78 is 0. The highest BCUT2D eigenvalue weighted by molar-refractivity contribution is 5.92. The van der Waals surface area contributed by atoms with Crippen molar-refractivity contribution >= 4 is 17.7 Å². The van der Waals surface area contributed by atoms with Crippen LogP contribution >= 0.6 is 0 Å². The molecule has 0 saturated carbocycles. The Morgan fingerprint density at radius 1 is 1.48 bits per heavy atom. The third kappa shape index (κ3) is 3.71. The van der Waals surface area contributed by atoms with E-state index in [0.29, 0.717) is 24.6 Å². The summed E-state index contributed by atoms with van der Waals surface area (Å²) in [6, 6.07) is 0.685. The van der Waals surface area contributed by atoms with Gasteiger partial charge in [-0.2, -0.15) is 0 Å². The number of aliphatic carboxylic acids is 1. The van der Waals surface area contributed by atoms with E-state index < -0.39 is 12.0 Å². The number of carboxylic acids is 1. The van der Waals surface area contributed by atoms with E-state index in [1.54, 1.807) is 18.5 Å². The number of pyridine rings is 1. The van der Waals surface area contributed by atoms with Gasteiger partial charge in [0.25, 0.3) is 0 Å². The summed E-state index contributed by atoms with van der Waals surface area (Å²) in [7, 11) is 0. The van der Waals surface area contributed by atoms with Crippen LogP contribution in [0, 0.1) is 12.8 Å². The minimum absolute atomic E-state index is 0.371. The monoisotopic (exact) mass is 291 g/mol. The number of nitrogens with one attached hydrogen (secondary N) is 1. The number of carboxylic acid groups (broad SMARTS) is 1. The van der Waals surface area contributed by atoms with Crippen molar-refractivity contribution < 1.29 is 14.7 Å². The molecule has 1 aromatic rings. The van der Waals surface area contributed by atoms with Gasteiger partial charge < -0.3 is 15.3 Å². The first-order chi connectivity index (χ1) is 10.0. The first kappa shape index (κ1) is 15.3. The van der Waals surface area contributed by atoms with Crippen molar-refractivity contribution in [2.45, 2.75) is 39.2 Å². The van der Waals surface area contributed by atoms with Crippen molar-refractivity contribution in [3.05, 3.63) is 24.0 Å². The van der Waals surface area contributed by atoms with Crippen LogP contribution in [0.25, 0.3) is 0 Å². The van der Waals surface area contributed by atoms with Crippen molar-refractivity contribution in [3.8, 4) is 0 Å². The molecule has 1 aliphatic rings. The molecule has 1 saturated heterocycles. The van der Waals surface area contributed by atoms with Crippen LogP contribution in [0.4, 0.5) is 10.5 Å². The van der Waals surface area contributed by atoms with E-state index in [4.69, 9.17) is 0 Å². The number of aromatic nitrogens is 1. The molecule has 2 atom stereocenters. The predicted molar refractivity (Wildman–Crippen MR) is 79.1 cm³/mol. The molecule has 6 nitrogen and oxygen atoms in total. The summed E-state index contributed by atoms with van der Waals surface area (Å²) >= 11 is 0. The molecule has 0 aliphatic carbocycles. The van der Waals surface area contributed by atoms with E-state index in [0.717, 1.165) is 18.4 Å². The van der Waals surface area contributed by atoms with Gasteiger partial charge in [-0.3, -0.25) is 4.98 Å². The van der Waals surface area contributed by atoms with E-state index >= 15 is 0 Å².